The van der Waals surface area contributed by atoms with E-state index in [0.29, 0.717) is 26.1 Å². The molecule has 1 aliphatic heterocycles. The number of anilines is 1. The van der Waals surface area contributed by atoms with Crippen molar-refractivity contribution in [2.75, 3.05) is 38.1 Å². The van der Waals surface area contributed by atoms with Crippen LogP contribution in [0.25, 0.3) is 0 Å². The molecule has 0 unspecified atom stereocenters. The minimum atomic E-state index is -4.91. The summed E-state index contributed by atoms with van der Waals surface area (Å²) in [5.41, 5.74) is -3.07. The molecule has 3 rings (SSSR count). The molecule has 1 saturated heterocycles. The van der Waals surface area contributed by atoms with Crippen LogP contribution >= 0.6 is 0 Å². The molecule has 1 atom stereocenters. The second-order valence-corrected chi connectivity index (χ2v) is 9.83. The van der Waals surface area contributed by atoms with Crippen molar-refractivity contribution in [3.05, 3.63) is 58.1 Å². The number of amides is 1. The topological polar surface area (TPSA) is 97.2 Å². The van der Waals surface area contributed by atoms with Gasteiger partial charge in [0.1, 0.15) is 28.4 Å². The van der Waals surface area contributed by atoms with Crippen molar-refractivity contribution in [3.63, 3.8) is 0 Å². The van der Waals surface area contributed by atoms with Crippen molar-refractivity contribution in [2.24, 2.45) is 0 Å². The van der Waals surface area contributed by atoms with Gasteiger partial charge in [0.2, 0.25) is 0 Å². The van der Waals surface area contributed by atoms with Gasteiger partial charge < -0.3 is 19.7 Å². The Morgan fingerprint density at radius 1 is 1.19 bits per heavy atom. The summed E-state index contributed by atoms with van der Waals surface area (Å²) in [6, 6.07) is 9.75. The molecule has 1 fully saturated rings. The van der Waals surface area contributed by atoms with Crippen LogP contribution in [0.4, 0.5) is 29.3 Å². The van der Waals surface area contributed by atoms with Crippen molar-refractivity contribution in [1.29, 1.82) is 0 Å². The molecular formula is C25H31F3N4O5. The van der Waals surface area contributed by atoms with Gasteiger partial charge in [0, 0.05) is 45.3 Å². The van der Waals surface area contributed by atoms with Crippen LogP contribution < -0.4 is 15.0 Å². The second-order valence-electron chi connectivity index (χ2n) is 9.83. The van der Waals surface area contributed by atoms with Crippen molar-refractivity contribution in [1.82, 2.24) is 10.2 Å². The van der Waals surface area contributed by atoms with Crippen LogP contribution in [0.15, 0.2) is 42.5 Å². The average molecular weight is 525 g/mol. The van der Waals surface area contributed by atoms with Gasteiger partial charge in [-0.25, -0.2) is 4.79 Å². The number of para-hydroxylation sites is 1. The predicted octanol–water partition coefficient (Wildman–Crippen LogP) is 5.44. The zero-order chi connectivity index (χ0) is 27.4. The molecule has 9 nitrogen and oxygen atoms in total. The molecule has 0 aromatic heterocycles. The monoisotopic (exact) mass is 524 g/mol. The first-order chi connectivity index (χ1) is 17.2. The number of halogens is 3. The highest BCUT2D eigenvalue weighted by Gasteiger charge is 2.42. The van der Waals surface area contributed by atoms with Gasteiger partial charge in [-0.2, -0.15) is 13.2 Å². The molecule has 202 valence electrons. The average Bonchev–Trinajstić information content (AvgIpc) is 3.22. The number of nitrogens with one attached hydrogen (secondary N) is 1. The van der Waals surface area contributed by atoms with E-state index in [4.69, 9.17) is 9.47 Å². The Morgan fingerprint density at radius 3 is 2.46 bits per heavy atom. The molecule has 1 amide bonds. The number of carbonyl (C=O) groups excluding carboxylic acids is 1. The Hall–Kier alpha value is -3.54. The molecule has 0 spiro atoms. The van der Waals surface area contributed by atoms with E-state index in [1.54, 1.807) is 39.0 Å². The van der Waals surface area contributed by atoms with Crippen molar-refractivity contribution in [3.8, 4) is 11.5 Å². The Balaban J connectivity index is 1.77. The summed E-state index contributed by atoms with van der Waals surface area (Å²) in [7, 11) is 1.39. The largest absolute Gasteiger partial charge is 0.457 e. The van der Waals surface area contributed by atoms with Crippen LogP contribution in [0.2, 0.25) is 0 Å². The highest BCUT2D eigenvalue weighted by atomic mass is 19.4. The minimum absolute atomic E-state index is 0.0812. The maximum absolute atomic E-state index is 14.3. The van der Waals surface area contributed by atoms with Crippen molar-refractivity contribution in [2.45, 2.75) is 45.0 Å². The quantitative estimate of drug-likeness (QED) is 0.363. The molecule has 1 aliphatic rings. The standard InChI is InChI=1S/C25H31F3N4O5/c1-24(2,3)37-23(33)29-17-12-13-31(16-17)15-14-30(4)22-19(32(34)35)10-11-20(21(22)25(26,27)28)36-18-8-6-5-7-9-18/h5-11,17H,12-16H2,1-4H3,(H,29,33)/t17-/m1/s1. The number of benzene rings is 2. The number of rotatable bonds is 8. The van der Waals surface area contributed by atoms with E-state index in [2.05, 4.69) is 5.32 Å². The highest BCUT2D eigenvalue weighted by Crippen LogP contribution is 2.47. The van der Waals surface area contributed by atoms with E-state index >= 15 is 0 Å². The number of nitrogens with zero attached hydrogens (tertiary/aromatic N) is 3. The fraction of sp³-hybridized carbons (Fsp3) is 0.480. The Kier molecular flexibility index (Phi) is 8.52. The second kappa shape index (κ2) is 11.2. The third kappa shape index (κ3) is 7.72. The number of nitro groups is 1. The van der Waals surface area contributed by atoms with Crippen molar-refractivity contribution < 1.29 is 32.4 Å². The lowest BCUT2D eigenvalue weighted by molar-refractivity contribution is -0.384. The number of carbonyl (C=O) groups is 1. The lowest BCUT2D eigenvalue weighted by Gasteiger charge is -2.27. The van der Waals surface area contributed by atoms with E-state index in [-0.39, 0.29) is 18.3 Å². The smallest absolute Gasteiger partial charge is 0.422 e. The molecular weight excluding hydrogens is 493 g/mol. The summed E-state index contributed by atoms with van der Waals surface area (Å²) >= 11 is 0. The van der Waals surface area contributed by atoms with E-state index in [0.717, 1.165) is 12.1 Å². The lowest BCUT2D eigenvalue weighted by atomic mass is 10.1. The van der Waals surface area contributed by atoms with Gasteiger partial charge in [-0.1, -0.05) is 18.2 Å². The van der Waals surface area contributed by atoms with Gasteiger partial charge >= 0.3 is 12.3 Å². The predicted molar refractivity (Wildman–Crippen MR) is 132 cm³/mol. The summed E-state index contributed by atoms with van der Waals surface area (Å²) in [6.45, 7) is 6.80. The van der Waals surface area contributed by atoms with Crippen LogP contribution in [-0.4, -0.2) is 60.8 Å². The molecule has 0 aliphatic carbocycles. The molecule has 2 aromatic carbocycles. The summed E-state index contributed by atoms with van der Waals surface area (Å²) in [6.07, 6.45) is -4.79. The van der Waals surface area contributed by atoms with Gasteiger partial charge in [0.05, 0.1) is 4.92 Å². The number of nitro benzene ring substituents is 1. The molecule has 0 saturated carbocycles. The first kappa shape index (κ1) is 28.0. The number of alkyl carbamates (subject to hydrolysis) is 1. The van der Waals surface area contributed by atoms with Gasteiger partial charge in [0.25, 0.3) is 5.69 Å². The first-order valence-corrected chi connectivity index (χ1v) is 11.8. The minimum Gasteiger partial charge on any atom is -0.457 e. The number of likely N-dealkylation sites (N-methyl/N-ethyl adjacent to an activating group) is 1. The van der Waals surface area contributed by atoms with Crippen LogP contribution in [0.3, 0.4) is 0 Å². The molecule has 37 heavy (non-hydrogen) atoms. The molecule has 0 radical (unpaired) electrons. The van der Waals surface area contributed by atoms with Crippen LogP contribution in [0, 0.1) is 10.1 Å². The van der Waals surface area contributed by atoms with Gasteiger partial charge in [-0.15, -0.1) is 0 Å². The zero-order valence-corrected chi connectivity index (χ0v) is 21.2. The van der Waals surface area contributed by atoms with Gasteiger partial charge in [0.15, 0.2) is 0 Å². The van der Waals surface area contributed by atoms with Crippen LogP contribution in [0.5, 0.6) is 11.5 Å². The Morgan fingerprint density at radius 2 is 1.86 bits per heavy atom. The molecule has 1 N–H and O–H groups in total. The van der Waals surface area contributed by atoms with E-state index < -0.39 is 45.5 Å². The van der Waals surface area contributed by atoms with Crippen LogP contribution in [0.1, 0.15) is 32.8 Å². The van der Waals surface area contributed by atoms with Crippen molar-refractivity contribution >= 4 is 17.5 Å². The number of ether oxygens (including phenoxy) is 2. The maximum atomic E-state index is 14.3. The summed E-state index contributed by atoms with van der Waals surface area (Å²) < 4.78 is 53.5. The maximum Gasteiger partial charge on any atom is 0.422 e. The lowest BCUT2D eigenvalue weighted by Crippen LogP contribution is -2.41. The fourth-order valence-electron chi connectivity index (χ4n) is 4.10. The summed E-state index contributed by atoms with van der Waals surface area (Å²) in [5.74, 6) is -0.343. The molecule has 2 aromatic rings. The molecule has 1 heterocycles. The Bertz CT molecular complexity index is 1110. The summed E-state index contributed by atoms with van der Waals surface area (Å²) in [4.78, 5) is 26.1. The fourth-order valence-corrected chi connectivity index (χ4v) is 4.10. The first-order valence-electron chi connectivity index (χ1n) is 11.8. The Labute approximate surface area is 213 Å². The van der Waals surface area contributed by atoms with Gasteiger partial charge in [-0.05, 0) is 45.4 Å². The SMILES string of the molecule is CN(CCN1CC[C@@H](NC(=O)OC(C)(C)C)C1)c1c([N+](=O)[O-])ccc(Oc2ccccc2)c1C(F)(F)F. The zero-order valence-electron chi connectivity index (χ0n) is 21.2. The number of hydrogen-bond acceptors (Lipinski definition) is 7. The third-order valence-electron chi connectivity index (χ3n) is 5.70. The normalized spacial score (nSPS) is 16.4. The number of likely N-dealkylation sites (tertiary alicyclic amines) is 1. The number of alkyl halides is 3. The van der Waals surface area contributed by atoms with E-state index in [9.17, 15) is 28.1 Å². The summed E-state index contributed by atoms with van der Waals surface area (Å²) in [5, 5.41) is 14.5. The van der Waals surface area contributed by atoms with E-state index in [1.807, 2.05) is 4.90 Å². The van der Waals surface area contributed by atoms with Gasteiger partial charge in [-0.3, -0.25) is 15.0 Å². The third-order valence-corrected chi connectivity index (χ3v) is 5.70. The van der Waals surface area contributed by atoms with Crippen LogP contribution in [-0.2, 0) is 10.9 Å². The number of hydrogen-bond donors (Lipinski definition) is 1. The molecule has 0 bridgehead atoms. The highest BCUT2D eigenvalue weighted by molar-refractivity contribution is 5.73. The molecule has 12 heteroatoms. The van der Waals surface area contributed by atoms with E-state index in [1.165, 1.54) is 24.1 Å².